The van der Waals surface area contributed by atoms with Crippen molar-refractivity contribution in [3.63, 3.8) is 0 Å². The molecule has 24 heavy (non-hydrogen) atoms. The number of aromatic amines is 1. The molecule has 1 amide bonds. The fraction of sp³-hybridized carbons (Fsp3) is 0.250. The lowest BCUT2D eigenvalue weighted by molar-refractivity contribution is -0.123. The summed E-state index contributed by atoms with van der Waals surface area (Å²) in [5.41, 5.74) is 4.59. The van der Waals surface area contributed by atoms with Crippen LogP contribution in [0.3, 0.4) is 0 Å². The first kappa shape index (κ1) is 16.1. The van der Waals surface area contributed by atoms with E-state index < -0.39 is 0 Å². The minimum absolute atomic E-state index is 0.0385. The number of H-pyrrole nitrogens is 1. The van der Waals surface area contributed by atoms with Gasteiger partial charge in [0.15, 0.2) is 6.61 Å². The largest absolute Gasteiger partial charge is 0.484 e. The van der Waals surface area contributed by atoms with Gasteiger partial charge in [0.25, 0.3) is 5.91 Å². The number of amides is 1. The number of carbonyl (C=O) groups is 1. The highest BCUT2D eigenvalue weighted by Gasteiger charge is 2.06. The van der Waals surface area contributed by atoms with Crippen molar-refractivity contribution in [3.05, 3.63) is 65.4 Å². The van der Waals surface area contributed by atoms with E-state index >= 15 is 0 Å². The van der Waals surface area contributed by atoms with Gasteiger partial charge < -0.3 is 15.0 Å². The van der Waals surface area contributed by atoms with Gasteiger partial charge in [0.1, 0.15) is 5.75 Å². The van der Waals surface area contributed by atoms with Crippen molar-refractivity contribution < 1.29 is 9.53 Å². The monoisotopic (exact) mass is 322 g/mol. The maximum absolute atomic E-state index is 11.9. The number of hydrogen-bond acceptors (Lipinski definition) is 2. The Morgan fingerprint density at radius 3 is 2.67 bits per heavy atom. The predicted octanol–water partition coefficient (Wildman–Crippen LogP) is 3.52. The number of benzene rings is 2. The topological polar surface area (TPSA) is 54.1 Å². The zero-order chi connectivity index (χ0) is 16.9. The first-order chi connectivity index (χ1) is 11.6. The second-order valence-corrected chi connectivity index (χ2v) is 6.07. The van der Waals surface area contributed by atoms with Crippen LogP contribution in [0.4, 0.5) is 0 Å². The summed E-state index contributed by atoms with van der Waals surface area (Å²) in [6.45, 7) is 4.66. The van der Waals surface area contributed by atoms with Crippen molar-refractivity contribution in [2.75, 3.05) is 13.2 Å². The van der Waals surface area contributed by atoms with Gasteiger partial charge in [-0.3, -0.25) is 4.79 Å². The summed E-state index contributed by atoms with van der Waals surface area (Å²) in [4.78, 5) is 15.2. The van der Waals surface area contributed by atoms with E-state index in [0.717, 1.165) is 28.8 Å². The Kier molecular flexibility index (Phi) is 4.85. The molecule has 0 fully saturated rings. The van der Waals surface area contributed by atoms with E-state index in [0.29, 0.717) is 6.54 Å². The zero-order valence-electron chi connectivity index (χ0n) is 14.1. The maximum atomic E-state index is 11.9. The highest BCUT2D eigenvalue weighted by Crippen LogP contribution is 2.18. The lowest BCUT2D eigenvalue weighted by atomic mass is 10.1. The van der Waals surface area contributed by atoms with Crippen LogP contribution in [0.15, 0.2) is 48.7 Å². The third-order valence-electron chi connectivity index (χ3n) is 3.96. The molecule has 2 N–H and O–H groups in total. The van der Waals surface area contributed by atoms with E-state index in [2.05, 4.69) is 28.5 Å². The molecule has 124 valence electrons. The molecule has 0 saturated carbocycles. The zero-order valence-corrected chi connectivity index (χ0v) is 14.1. The molecule has 0 aliphatic carbocycles. The summed E-state index contributed by atoms with van der Waals surface area (Å²) in [6, 6.07) is 14.1. The van der Waals surface area contributed by atoms with Crippen LogP contribution in [-0.2, 0) is 11.2 Å². The summed E-state index contributed by atoms with van der Waals surface area (Å²) < 4.78 is 5.57. The Morgan fingerprint density at radius 2 is 1.88 bits per heavy atom. The number of aromatic nitrogens is 1. The summed E-state index contributed by atoms with van der Waals surface area (Å²) >= 11 is 0. The summed E-state index contributed by atoms with van der Waals surface area (Å²) in [5, 5.41) is 4.11. The van der Waals surface area contributed by atoms with Crippen LogP contribution in [0, 0.1) is 13.8 Å². The van der Waals surface area contributed by atoms with Gasteiger partial charge in [0, 0.05) is 23.6 Å². The molecule has 4 nitrogen and oxygen atoms in total. The number of fused-ring (bicyclic) bond motifs is 1. The molecule has 1 aromatic heterocycles. The predicted molar refractivity (Wildman–Crippen MR) is 96.4 cm³/mol. The molecular formula is C20H22N2O2. The van der Waals surface area contributed by atoms with E-state index in [1.165, 1.54) is 10.9 Å². The summed E-state index contributed by atoms with van der Waals surface area (Å²) in [6.07, 6.45) is 2.79. The van der Waals surface area contributed by atoms with Crippen molar-refractivity contribution in [2.45, 2.75) is 20.3 Å². The number of hydrogen-bond donors (Lipinski definition) is 2. The molecule has 1 heterocycles. The van der Waals surface area contributed by atoms with E-state index in [9.17, 15) is 4.79 Å². The van der Waals surface area contributed by atoms with Gasteiger partial charge in [0.05, 0.1) is 0 Å². The Morgan fingerprint density at radius 1 is 1.12 bits per heavy atom. The molecule has 3 aromatic rings. The van der Waals surface area contributed by atoms with E-state index in [1.807, 2.05) is 44.3 Å². The third kappa shape index (κ3) is 3.96. The second-order valence-electron chi connectivity index (χ2n) is 6.07. The van der Waals surface area contributed by atoms with Crippen LogP contribution < -0.4 is 10.1 Å². The Balaban J connectivity index is 1.47. The average molecular weight is 322 g/mol. The molecule has 0 aliphatic heterocycles. The number of nitrogens with one attached hydrogen (secondary N) is 2. The molecule has 0 saturated heterocycles. The van der Waals surface area contributed by atoms with Crippen molar-refractivity contribution >= 4 is 16.8 Å². The highest BCUT2D eigenvalue weighted by atomic mass is 16.5. The standard InChI is InChI=1S/C20H22N2O2/c1-14-9-15(2)11-17(10-14)24-13-20(23)21-8-7-16-12-22-19-6-4-3-5-18(16)19/h3-6,9-12,22H,7-8,13H2,1-2H3,(H,21,23). The summed E-state index contributed by atoms with van der Waals surface area (Å²) in [5.74, 6) is 0.633. The minimum atomic E-state index is -0.103. The van der Waals surface area contributed by atoms with Gasteiger partial charge >= 0.3 is 0 Å². The highest BCUT2D eigenvalue weighted by molar-refractivity contribution is 5.83. The lowest BCUT2D eigenvalue weighted by Gasteiger charge is -2.09. The van der Waals surface area contributed by atoms with Crippen LogP contribution in [0.1, 0.15) is 16.7 Å². The Hall–Kier alpha value is -2.75. The normalized spacial score (nSPS) is 10.8. The maximum Gasteiger partial charge on any atom is 0.257 e. The van der Waals surface area contributed by atoms with Gasteiger partial charge in [-0.1, -0.05) is 24.3 Å². The fourth-order valence-electron chi connectivity index (χ4n) is 2.89. The molecular weight excluding hydrogens is 300 g/mol. The van der Waals surface area contributed by atoms with Gasteiger partial charge in [-0.05, 0) is 55.2 Å². The number of ether oxygens (including phenoxy) is 1. The van der Waals surface area contributed by atoms with Crippen LogP contribution >= 0.6 is 0 Å². The SMILES string of the molecule is Cc1cc(C)cc(OCC(=O)NCCc2c[nH]c3ccccc23)c1. The third-order valence-corrected chi connectivity index (χ3v) is 3.96. The summed E-state index contributed by atoms with van der Waals surface area (Å²) in [7, 11) is 0. The Bertz CT molecular complexity index is 831. The van der Waals surface area contributed by atoms with E-state index in [1.54, 1.807) is 0 Å². The molecule has 0 spiro atoms. The van der Waals surface area contributed by atoms with Gasteiger partial charge in [-0.2, -0.15) is 0 Å². The van der Waals surface area contributed by atoms with Gasteiger partial charge in [-0.25, -0.2) is 0 Å². The van der Waals surface area contributed by atoms with Crippen molar-refractivity contribution in [1.29, 1.82) is 0 Å². The molecule has 0 atom stereocenters. The first-order valence-corrected chi connectivity index (χ1v) is 8.14. The van der Waals surface area contributed by atoms with E-state index in [-0.39, 0.29) is 12.5 Å². The van der Waals surface area contributed by atoms with Crippen LogP contribution in [0.2, 0.25) is 0 Å². The first-order valence-electron chi connectivity index (χ1n) is 8.14. The fourth-order valence-corrected chi connectivity index (χ4v) is 2.89. The molecule has 2 aromatic carbocycles. The van der Waals surface area contributed by atoms with Crippen LogP contribution in [-0.4, -0.2) is 24.0 Å². The lowest BCUT2D eigenvalue weighted by Crippen LogP contribution is -2.30. The molecule has 0 aliphatic rings. The van der Waals surface area contributed by atoms with Gasteiger partial charge in [0.2, 0.25) is 0 Å². The number of aryl methyl sites for hydroxylation is 2. The van der Waals surface area contributed by atoms with Crippen LogP contribution in [0.5, 0.6) is 5.75 Å². The quantitative estimate of drug-likeness (QED) is 0.729. The number of para-hydroxylation sites is 1. The number of rotatable bonds is 6. The molecule has 4 heteroatoms. The average Bonchev–Trinajstić information content (AvgIpc) is 2.96. The molecule has 0 unspecified atom stereocenters. The van der Waals surface area contributed by atoms with Crippen molar-refractivity contribution in [3.8, 4) is 5.75 Å². The smallest absolute Gasteiger partial charge is 0.257 e. The molecule has 0 bridgehead atoms. The van der Waals surface area contributed by atoms with Crippen molar-refractivity contribution in [1.82, 2.24) is 10.3 Å². The minimum Gasteiger partial charge on any atom is -0.484 e. The second kappa shape index (κ2) is 7.21. The Labute approximate surface area is 141 Å². The van der Waals surface area contributed by atoms with Gasteiger partial charge in [-0.15, -0.1) is 0 Å². The van der Waals surface area contributed by atoms with Crippen LogP contribution in [0.25, 0.3) is 10.9 Å². The molecule has 0 radical (unpaired) electrons. The van der Waals surface area contributed by atoms with Crippen molar-refractivity contribution in [2.24, 2.45) is 0 Å². The van der Waals surface area contributed by atoms with E-state index in [4.69, 9.17) is 4.74 Å². The molecule has 3 rings (SSSR count). The number of carbonyl (C=O) groups excluding carboxylic acids is 1.